The minimum absolute atomic E-state index is 0.199. The molecule has 0 fully saturated rings. The number of hydrogen-bond acceptors (Lipinski definition) is 2. The van der Waals surface area contributed by atoms with E-state index >= 15 is 0 Å². The zero-order chi connectivity index (χ0) is 13.9. The minimum atomic E-state index is 0.199. The highest BCUT2D eigenvalue weighted by Crippen LogP contribution is 2.23. The van der Waals surface area contributed by atoms with Gasteiger partial charge in [-0.3, -0.25) is 0 Å². The van der Waals surface area contributed by atoms with E-state index in [2.05, 4.69) is 71.3 Å². The van der Waals surface area contributed by atoms with Crippen LogP contribution in [-0.2, 0) is 12.0 Å². The maximum absolute atomic E-state index is 4.40. The third-order valence-electron chi connectivity index (χ3n) is 3.00. The lowest BCUT2D eigenvalue weighted by atomic mass is 9.87. The normalized spacial score (nSPS) is 11.4. The molecule has 0 radical (unpaired) electrons. The van der Waals surface area contributed by atoms with Crippen molar-refractivity contribution in [2.75, 3.05) is 5.32 Å². The summed E-state index contributed by atoms with van der Waals surface area (Å²) in [4.78, 5) is 4.40. The molecule has 1 N–H and O–H groups in total. The maximum atomic E-state index is 4.40. The van der Waals surface area contributed by atoms with E-state index in [-0.39, 0.29) is 5.41 Å². The summed E-state index contributed by atoms with van der Waals surface area (Å²) in [5.41, 5.74) is 3.69. The third-order valence-corrected chi connectivity index (χ3v) is 3.44. The predicted octanol–water partition coefficient (Wildman–Crippen LogP) is 4.75. The number of pyridine rings is 1. The van der Waals surface area contributed by atoms with Crippen LogP contribution in [-0.4, -0.2) is 4.98 Å². The van der Waals surface area contributed by atoms with Gasteiger partial charge in [-0.15, -0.1) is 0 Å². The second kappa shape index (κ2) is 5.74. The SMILES string of the molecule is CC(C)(C)c1ccc(NCc2cccc(Br)n2)cc1. The fourth-order valence-electron chi connectivity index (χ4n) is 1.83. The molecule has 0 aliphatic carbocycles. The highest BCUT2D eigenvalue weighted by Gasteiger charge is 2.12. The first-order valence-corrected chi connectivity index (χ1v) is 7.20. The van der Waals surface area contributed by atoms with E-state index in [1.54, 1.807) is 0 Å². The number of hydrogen-bond donors (Lipinski definition) is 1. The second-order valence-corrected chi connectivity index (χ2v) is 6.45. The molecular weight excluding hydrogens is 300 g/mol. The van der Waals surface area contributed by atoms with Gasteiger partial charge in [0.1, 0.15) is 4.60 Å². The molecule has 0 spiro atoms. The fourth-order valence-corrected chi connectivity index (χ4v) is 2.21. The van der Waals surface area contributed by atoms with Gasteiger partial charge in [0.25, 0.3) is 0 Å². The molecule has 1 heterocycles. The number of aromatic nitrogens is 1. The Bertz CT molecular complexity index is 541. The van der Waals surface area contributed by atoms with Crippen molar-refractivity contribution in [1.82, 2.24) is 4.98 Å². The van der Waals surface area contributed by atoms with E-state index in [1.807, 2.05) is 18.2 Å². The Hall–Kier alpha value is -1.35. The van der Waals surface area contributed by atoms with Crippen LogP contribution in [0.1, 0.15) is 32.0 Å². The monoisotopic (exact) mass is 318 g/mol. The number of benzene rings is 1. The topological polar surface area (TPSA) is 24.9 Å². The summed E-state index contributed by atoms with van der Waals surface area (Å²) in [6.45, 7) is 7.40. The Morgan fingerprint density at radius 3 is 2.32 bits per heavy atom. The molecule has 1 aromatic heterocycles. The summed E-state index contributed by atoms with van der Waals surface area (Å²) in [6, 6.07) is 14.5. The second-order valence-electron chi connectivity index (χ2n) is 5.63. The van der Waals surface area contributed by atoms with Gasteiger partial charge in [0.2, 0.25) is 0 Å². The number of rotatable bonds is 3. The molecule has 0 aliphatic heterocycles. The molecule has 19 heavy (non-hydrogen) atoms. The molecule has 3 heteroatoms. The van der Waals surface area contributed by atoms with Crippen molar-refractivity contribution in [2.45, 2.75) is 32.7 Å². The fraction of sp³-hybridized carbons (Fsp3) is 0.312. The van der Waals surface area contributed by atoms with Crippen LogP contribution in [0, 0.1) is 0 Å². The van der Waals surface area contributed by atoms with E-state index in [0.29, 0.717) is 0 Å². The first-order valence-electron chi connectivity index (χ1n) is 6.41. The Labute approximate surface area is 123 Å². The van der Waals surface area contributed by atoms with Crippen LogP contribution in [0.3, 0.4) is 0 Å². The average molecular weight is 319 g/mol. The van der Waals surface area contributed by atoms with Gasteiger partial charge < -0.3 is 5.32 Å². The van der Waals surface area contributed by atoms with Gasteiger partial charge in [0.05, 0.1) is 12.2 Å². The zero-order valence-corrected chi connectivity index (χ0v) is 13.2. The lowest BCUT2D eigenvalue weighted by molar-refractivity contribution is 0.590. The van der Waals surface area contributed by atoms with Crippen LogP contribution >= 0.6 is 15.9 Å². The number of halogens is 1. The molecule has 0 saturated heterocycles. The van der Waals surface area contributed by atoms with Crippen LogP contribution < -0.4 is 5.32 Å². The van der Waals surface area contributed by atoms with Gasteiger partial charge in [-0.25, -0.2) is 4.98 Å². The van der Waals surface area contributed by atoms with Crippen LogP contribution in [0.5, 0.6) is 0 Å². The summed E-state index contributed by atoms with van der Waals surface area (Å²) >= 11 is 3.38. The standard InChI is InChI=1S/C16H19BrN2/c1-16(2,3)12-7-9-13(10-8-12)18-11-14-5-4-6-15(17)19-14/h4-10,18H,11H2,1-3H3. The number of nitrogens with one attached hydrogen (secondary N) is 1. The van der Waals surface area contributed by atoms with E-state index in [1.165, 1.54) is 5.56 Å². The van der Waals surface area contributed by atoms with Gasteiger partial charge in [-0.2, -0.15) is 0 Å². The van der Waals surface area contributed by atoms with Gasteiger partial charge in [0.15, 0.2) is 0 Å². The van der Waals surface area contributed by atoms with Crippen LogP contribution in [0.2, 0.25) is 0 Å². The molecule has 0 amide bonds. The lowest BCUT2D eigenvalue weighted by Gasteiger charge is -2.19. The Morgan fingerprint density at radius 1 is 1.05 bits per heavy atom. The highest BCUT2D eigenvalue weighted by molar-refractivity contribution is 9.10. The quantitative estimate of drug-likeness (QED) is 0.826. The average Bonchev–Trinajstić information content (AvgIpc) is 2.36. The first kappa shape index (κ1) is 14.1. The van der Waals surface area contributed by atoms with Crippen molar-refractivity contribution < 1.29 is 0 Å². The van der Waals surface area contributed by atoms with Crippen molar-refractivity contribution in [3.8, 4) is 0 Å². The molecule has 0 saturated carbocycles. The number of anilines is 1. The van der Waals surface area contributed by atoms with Crippen LogP contribution in [0.25, 0.3) is 0 Å². The van der Waals surface area contributed by atoms with Crippen LogP contribution in [0.15, 0.2) is 47.1 Å². The Kier molecular flexibility index (Phi) is 4.25. The molecule has 2 rings (SSSR count). The summed E-state index contributed by atoms with van der Waals surface area (Å²) < 4.78 is 0.870. The van der Waals surface area contributed by atoms with Gasteiger partial charge >= 0.3 is 0 Å². The maximum Gasteiger partial charge on any atom is 0.106 e. The Balaban J connectivity index is 2.01. The molecule has 0 unspecified atom stereocenters. The van der Waals surface area contributed by atoms with Crippen LogP contribution in [0.4, 0.5) is 5.69 Å². The molecule has 2 aromatic rings. The molecule has 1 aromatic carbocycles. The summed E-state index contributed by atoms with van der Waals surface area (Å²) in [7, 11) is 0. The number of nitrogens with zero attached hydrogens (tertiary/aromatic N) is 1. The van der Waals surface area contributed by atoms with Gasteiger partial charge in [-0.1, -0.05) is 39.0 Å². The summed E-state index contributed by atoms with van der Waals surface area (Å²) in [5.74, 6) is 0. The van der Waals surface area contributed by atoms with Crippen molar-refractivity contribution in [3.05, 3.63) is 58.3 Å². The third kappa shape index (κ3) is 4.06. The first-order chi connectivity index (χ1) is 8.95. The summed E-state index contributed by atoms with van der Waals surface area (Å²) in [6.07, 6.45) is 0. The molecule has 100 valence electrons. The molecule has 0 atom stereocenters. The summed E-state index contributed by atoms with van der Waals surface area (Å²) in [5, 5.41) is 3.38. The zero-order valence-electron chi connectivity index (χ0n) is 11.6. The Morgan fingerprint density at radius 2 is 1.74 bits per heavy atom. The van der Waals surface area contributed by atoms with Crippen molar-refractivity contribution in [3.63, 3.8) is 0 Å². The lowest BCUT2D eigenvalue weighted by Crippen LogP contribution is -2.10. The van der Waals surface area contributed by atoms with Gasteiger partial charge in [-0.05, 0) is 51.2 Å². The predicted molar refractivity (Wildman–Crippen MR) is 84.4 cm³/mol. The molecule has 0 aliphatic rings. The minimum Gasteiger partial charge on any atom is -0.379 e. The van der Waals surface area contributed by atoms with Crippen molar-refractivity contribution >= 4 is 21.6 Å². The van der Waals surface area contributed by atoms with E-state index < -0.39 is 0 Å². The largest absolute Gasteiger partial charge is 0.379 e. The van der Waals surface area contributed by atoms with E-state index in [9.17, 15) is 0 Å². The van der Waals surface area contributed by atoms with Gasteiger partial charge in [0, 0.05) is 5.69 Å². The highest BCUT2D eigenvalue weighted by atomic mass is 79.9. The van der Waals surface area contributed by atoms with E-state index in [4.69, 9.17) is 0 Å². The molecule has 0 bridgehead atoms. The molecular formula is C16H19BrN2. The van der Waals surface area contributed by atoms with E-state index in [0.717, 1.165) is 22.5 Å². The van der Waals surface area contributed by atoms with Crippen molar-refractivity contribution in [2.24, 2.45) is 0 Å². The van der Waals surface area contributed by atoms with Crippen molar-refractivity contribution in [1.29, 1.82) is 0 Å². The smallest absolute Gasteiger partial charge is 0.106 e. The molecule has 2 nitrogen and oxygen atoms in total.